The van der Waals surface area contributed by atoms with Crippen LogP contribution in [0.4, 0.5) is 0 Å². The second-order valence-corrected chi connectivity index (χ2v) is 3.45. The van der Waals surface area contributed by atoms with E-state index in [1.807, 2.05) is 6.08 Å². The summed E-state index contributed by atoms with van der Waals surface area (Å²) in [6.07, 6.45) is 5.08. The molecule has 0 aliphatic carbocycles. The molecule has 0 aromatic carbocycles. The Balaban J connectivity index is 2.45. The van der Waals surface area contributed by atoms with Gasteiger partial charge in [0.25, 0.3) is 0 Å². The summed E-state index contributed by atoms with van der Waals surface area (Å²) in [6, 6.07) is 0. The van der Waals surface area contributed by atoms with Crippen LogP contribution in [0, 0.1) is 4.97 Å². The number of hydrogen-bond donors (Lipinski definition) is 0. The summed E-state index contributed by atoms with van der Waals surface area (Å²) in [6.45, 7) is 3.64. The van der Waals surface area contributed by atoms with E-state index in [1.54, 1.807) is 0 Å². The van der Waals surface area contributed by atoms with Crippen molar-refractivity contribution in [2.45, 2.75) is 6.42 Å². The third kappa shape index (κ3) is 1.36. The zero-order valence-electron chi connectivity index (χ0n) is 4.65. The molecule has 0 amide bonds. The normalized spacial score (nSPS) is 21.2. The van der Waals surface area contributed by atoms with Gasteiger partial charge in [0.2, 0.25) is 0 Å². The SMILES string of the molecule is C=CCC1=[C][SeH2]C=C1. The van der Waals surface area contributed by atoms with Crippen molar-refractivity contribution in [3.05, 3.63) is 34.3 Å². The standard InChI is InChI=1S/C7H9Se/c1-2-3-7-4-5-8-6-7/h2,4-5H,1,3,8H2. The van der Waals surface area contributed by atoms with Gasteiger partial charge in [0.1, 0.15) is 0 Å². The van der Waals surface area contributed by atoms with E-state index in [-0.39, 0.29) is 15.0 Å². The summed E-state index contributed by atoms with van der Waals surface area (Å²) >= 11 is 0.0630. The Morgan fingerprint density at radius 1 is 1.88 bits per heavy atom. The van der Waals surface area contributed by atoms with Gasteiger partial charge in [-0.05, 0) is 0 Å². The molecule has 0 atom stereocenters. The zero-order chi connectivity index (χ0) is 5.82. The Bertz CT molecular complexity index is 142. The van der Waals surface area contributed by atoms with Crippen LogP contribution in [0.2, 0.25) is 0 Å². The van der Waals surface area contributed by atoms with Crippen LogP contribution >= 0.6 is 0 Å². The second-order valence-electron chi connectivity index (χ2n) is 1.62. The average Bonchev–Trinajstić information content (AvgIpc) is 2.19. The van der Waals surface area contributed by atoms with Crippen LogP contribution in [0.25, 0.3) is 0 Å². The minimum atomic E-state index is 0.0630. The molecule has 0 spiro atoms. The second kappa shape index (κ2) is 2.91. The summed E-state index contributed by atoms with van der Waals surface area (Å²) < 4.78 is 0. The van der Waals surface area contributed by atoms with E-state index in [4.69, 9.17) is 0 Å². The van der Waals surface area contributed by atoms with Gasteiger partial charge in [0.15, 0.2) is 0 Å². The fourth-order valence-corrected chi connectivity index (χ4v) is 2.14. The molecule has 0 saturated heterocycles. The Morgan fingerprint density at radius 2 is 2.75 bits per heavy atom. The van der Waals surface area contributed by atoms with Crippen LogP contribution in [-0.2, 0) is 0 Å². The van der Waals surface area contributed by atoms with Crippen LogP contribution in [0.5, 0.6) is 0 Å². The van der Waals surface area contributed by atoms with E-state index in [0.717, 1.165) is 6.42 Å². The van der Waals surface area contributed by atoms with E-state index in [1.165, 1.54) is 5.57 Å². The molecule has 0 fully saturated rings. The van der Waals surface area contributed by atoms with Gasteiger partial charge in [0, 0.05) is 0 Å². The van der Waals surface area contributed by atoms with Gasteiger partial charge < -0.3 is 0 Å². The van der Waals surface area contributed by atoms with E-state index >= 15 is 0 Å². The van der Waals surface area contributed by atoms with Gasteiger partial charge in [0.05, 0.1) is 0 Å². The van der Waals surface area contributed by atoms with Crippen molar-refractivity contribution in [3.8, 4) is 0 Å². The van der Waals surface area contributed by atoms with E-state index < -0.39 is 0 Å². The molecule has 0 bridgehead atoms. The monoisotopic (exact) mass is 173 g/mol. The molecule has 8 heavy (non-hydrogen) atoms. The number of rotatable bonds is 2. The summed E-state index contributed by atoms with van der Waals surface area (Å²) in [7, 11) is 0. The molecule has 0 unspecified atom stereocenters. The van der Waals surface area contributed by atoms with Crippen LogP contribution < -0.4 is 0 Å². The first-order valence-corrected chi connectivity index (χ1v) is 4.84. The minimum absolute atomic E-state index is 0.0630. The molecule has 0 aromatic heterocycles. The van der Waals surface area contributed by atoms with Gasteiger partial charge >= 0.3 is 55.6 Å². The van der Waals surface area contributed by atoms with Gasteiger partial charge in [-0.3, -0.25) is 0 Å². The fraction of sp³-hybridized carbons (Fsp3) is 0.143. The third-order valence-corrected chi connectivity index (χ3v) is 2.64. The first-order valence-electron chi connectivity index (χ1n) is 2.58. The van der Waals surface area contributed by atoms with Crippen molar-refractivity contribution >= 4 is 15.0 Å². The van der Waals surface area contributed by atoms with E-state index in [0.29, 0.717) is 0 Å². The third-order valence-electron chi connectivity index (χ3n) is 0.965. The van der Waals surface area contributed by atoms with E-state index in [2.05, 4.69) is 22.6 Å². The summed E-state index contributed by atoms with van der Waals surface area (Å²) in [5, 5.41) is 0. The van der Waals surface area contributed by atoms with Crippen LogP contribution in [-0.4, -0.2) is 15.0 Å². The molecule has 0 aromatic rings. The number of hydrogen-bond acceptors (Lipinski definition) is 0. The molecule has 1 heterocycles. The van der Waals surface area contributed by atoms with Crippen LogP contribution in [0.15, 0.2) is 29.3 Å². The molecule has 1 aliphatic rings. The summed E-state index contributed by atoms with van der Waals surface area (Å²) in [5.74, 6) is 0. The molecule has 0 nitrogen and oxygen atoms in total. The molecule has 1 rings (SSSR count). The molecule has 0 saturated carbocycles. The maximum absolute atomic E-state index is 3.64. The Labute approximate surface area is 56.1 Å². The quantitative estimate of drug-likeness (QED) is 0.429. The van der Waals surface area contributed by atoms with Crippen LogP contribution in [0.3, 0.4) is 0 Å². The van der Waals surface area contributed by atoms with Crippen molar-refractivity contribution in [3.63, 3.8) is 0 Å². The van der Waals surface area contributed by atoms with Gasteiger partial charge in [-0.15, -0.1) is 0 Å². The zero-order valence-corrected chi connectivity index (χ0v) is 6.74. The number of allylic oxidation sites excluding steroid dienone is 3. The van der Waals surface area contributed by atoms with Gasteiger partial charge in [-0.1, -0.05) is 0 Å². The predicted octanol–water partition coefficient (Wildman–Crippen LogP) is 0.946. The molecule has 1 heteroatoms. The average molecular weight is 172 g/mol. The van der Waals surface area contributed by atoms with Crippen molar-refractivity contribution < 1.29 is 0 Å². The van der Waals surface area contributed by atoms with Crippen molar-refractivity contribution in [2.75, 3.05) is 0 Å². The molecule has 0 N–H and O–H groups in total. The Hall–Kier alpha value is -0.261. The van der Waals surface area contributed by atoms with Crippen LogP contribution in [0.1, 0.15) is 6.42 Å². The van der Waals surface area contributed by atoms with Crippen molar-refractivity contribution in [2.24, 2.45) is 0 Å². The summed E-state index contributed by atoms with van der Waals surface area (Å²) in [5.41, 5.74) is 1.33. The Kier molecular flexibility index (Phi) is 2.13. The molecule has 1 radical (unpaired) electrons. The summed E-state index contributed by atoms with van der Waals surface area (Å²) in [4.78, 5) is 5.55. The predicted molar refractivity (Wildman–Crippen MR) is 39.3 cm³/mol. The Morgan fingerprint density at radius 3 is 3.25 bits per heavy atom. The molecular weight excluding hydrogens is 163 g/mol. The fourth-order valence-electron chi connectivity index (χ4n) is 0.593. The van der Waals surface area contributed by atoms with Gasteiger partial charge in [-0.25, -0.2) is 0 Å². The molecule has 1 aliphatic heterocycles. The van der Waals surface area contributed by atoms with Crippen molar-refractivity contribution in [1.29, 1.82) is 0 Å². The van der Waals surface area contributed by atoms with Crippen molar-refractivity contribution in [1.82, 2.24) is 0 Å². The van der Waals surface area contributed by atoms with E-state index in [9.17, 15) is 0 Å². The topological polar surface area (TPSA) is 0 Å². The first kappa shape index (κ1) is 5.87. The van der Waals surface area contributed by atoms with Gasteiger partial charge in [-0.2, -0.15) is 0 Å². The molecular formula is C7H9Se. The maximum atomic E-state index is 3.64. The first-order chi connectivity index (χ1) is 3.93. The molecule has 43 valence electrons.